The number of thioether (sulfide) groups is 1. The van der Waals surface area contributed by atoms with Gasteiger partial charge in [0.2, 0.25) is 5.13 Å². The first-order valence-corrected chi connectivity index (χ1v) is 8.31. The highest BCUT2D eigenvalue weighted by atomic mass is 32.2. The van der Waals surface area contributed by atoms with E-state index in [4.69, 9.17) is 5.73 Å². The lowest BCUT2D eigenvalue weighted by molar-refractivity contribution is 0.658. The molecule has 3 rings (SSSR count). The van der Waals surface area contributed by atoms with Crippen molar-refractivity contribution in [2.24, 2.45) is 5.92 Å². The predicted octanol–water partition coefficient (Wildman–Crippen LogP) is 4.14. The van der Waals surface area contributed by atoms with Crippen LogP contribution in [0.15, 0.2) is 34.7 Å². The number of anilines is 1. The summed E-state index contributed by atoms with van der Waals surface area (Å²) in [6.07, 6.45) is 5.36. The summed E-state index contributed by atoms with van der Waals surface area (Å²) in [4.78, 5) is 0. The minimum absolute atomic E-state index is 0.467. The summed E-state index contributed by atoms with van der Waals surface area (Å²) in [6, 6.07) is 10.7. The Kier molecular flexibility index (Phi) is 4.03. The zero-order chi connectivity index (χ0) is 13.1. The molecule has 19 heavy (non-hydrogen) atoms. The van der Waals surface area contributed by atoms with Crippen molar-refractivity contribution in [2.45, 2.75) is 35.3 Å². The molecule has 3 nitrogen and oxygen atoms in total. The van der Waals surface area contributed by atoms with Gasteiger partial charge in [-0.1, -0.05) is 66.3 Å². The van der Waals surface area contributed by atoms with E-state index >= 15 is 0 Å². The van der Waals surface area contributed by atoms with Gasteiger partial charge in [-0.05, 0) is 24.3 Å². The van der Waals surface area contributed by atoms with Gasteiger partial charge in [-0.15, -0.1) is 10.2 Å². The van der Waals surface area contributed by atoms with E-state index in [-0.39, 0.29) is 0 Å². The second-order valence-electron chi connectivity index (χ2n) is 4.94. The highest BCUT2D eigenvalue weighted by Crippen LogP contribution is 2.43. The largest absolute Gasteiger partial charge is 0.374 e. The van der Waals surface area contributed by atoms with Crippen LogP contribution in [0.4, 0.5) is 5.13 Å². The highest BCUT2D eigenvalue weighted by Gasteiger charge is 2.24. The molecule has 1 aromatic carbocycles. The fourth-order valence-corrected chi connectivity index (χ4v) is 4.16. The Hall–Kier alpha value is -1.07. The number of nitrogens with two attached hydrogens (primary N) is 1. The van der Waals surface area contributed by atoms with E-state index in [0.717, 1.165) is 10.3 Å². The Balaban J connectivity index is 1.71. The molecule has 1 fully saturated rings. The second kappa shape index (κ2) is 5.92. The van der Waals surface area contributed by atoms with Gasteiger partial charge in [0.1, 0.15) is 0 Å². The van der Waals surface area contributed by atoms with Crippen LogP contribution in [0.1, 0.15) is 36.5 Å². The van der Waals surface area contributed by atoms with Crippen LogP contribution < -0.4 is 5.73 Å². The number of rotatable bonds is 6. The van der Waals surface area contributed by atoms with Crippen LogP contribution in [0.2, 0.25) is 0 Å². The van der Waals surface area contributed by atoms with Gasteiger partial charge in [0.05, 0.1) is 0 Å². The topological polar surface area (TPSA) is 51.8 Å². The van der Waals surface area contributed by atoms with E-state index in [0.29, 0.717) is 10.4 Å². The molecule has 1 atom stereocenters. The van der Waals surface area contributed by atoms with Crippen LogP contribution in [0.3, 0.4) is 0 Å². The third-order valence-corrected chi connectivity index (χ3v) is 5.53. The summed E-state index contributed by atoms with van der Waals surface area (Å²) in [7, 11) is 0. The van der Waals surface area contributed by atoms with Crippen molar-refractivity contribution in [3.05, 3.63) is 35.9 Å². The lowest BCUT2D eigenvalue weighted by Crippen LogP contribution is -1.95. The van der Waals surface area contributed by atoms with Crippen LogP contribution in [0.25, 0.3) is 0 Å². The number of nitrogen functional groups attached to an aromatic ring is 1. The molecule has 2 N–H and O–H groups in total. The van der Waals surface area contributed by atoms with Gasteiger partial charge in [0.25, 0.3) is 0 Å². The van der Waals surface area contributed by atoms with Crippen molar-refractivity contribution in [1.29, 1.82) is 0 Å². The summed E-state index contributed by atoms with van der Waals surface area (Å²) >= 11 is 3.28. The summed E-state index contributed by atoms with van der Waals surface area (Å²) in [5, 5.41) is 9.05. The standard InChI is InChI=1S/C14H17N3S2/c15-13-16-17-14(19-13)18-12(9-8-10-6-7-10)11-4-2-1-3-5-11/h1-5,10,12H,6-9H2,(H2,15,16)/t12-/m0/s1. The maximum Gasteiger partial charge on any atom is 0.203 e. The fourth-order valence-electron chi connectivity index (χ4n) is 2.14. The molecule has 0 unspecified atom stereocenters. The number of hydrogen-bond donors (Lipinski definition) is 1. The van der Waals surface area contributed by atoms with Gasteiger partial charge in [0.15, 0.2) is 4.34 Å². The van der Waals surface area contributed by atoms with Crippen LogP contribution in [-0.4, -0.2) is 10.2 Å². The van der Waals surface area contributed by atoms with Crippen LogP contribution >= 0.6 is 23.1 Å². The van der Waals surface area contributed by atoms with E-state index in [1.807, 2.05) is 0 Å². The van der Waals surface area contributed by atoms with Crippen molar-refractivity contribution in [1.82, 2.24) is 10.2 Å². The zero-order valence-electron chi connectivity index (χ0n) is 10.7. The SMILES string of the molecule is Nc1nnc(S[C@@H](CCC2CC2)c2ccccc2)s1. The number of benzene rings is 1. The van der Waals surface area contributed by atoms with Gasteiger partial charge in [-0.2, -0.15) is 0 Å². The highest BCUT2D eigenvalue weighted by molar-refractivity contribution is 8.01. The molecule has 5 heteroatoms. The van der Waals surface area contributed by atoms with Crippen LogP contribution in [0, 0.1) is 5.92 Å². The molecule has 100 valence electrons. The van der Waals surface area contributed by atoms with Crippen LogP contribution in [0.5, 0.6) is 0 Å². The zero-order valence-corrected chi connectivity index (χ0v) is 12.3. The van der Waals surface area contributed by atoms with E-state index in [1.165, 1.54) is 42.6 Å². The predicted molar refractivity (Wildman–Crippen MR) is 81.3 cm³/mol. The maximum atomic E-state index is 5.66. The van der Waals surface area contributed by atoms with Crippen molar-refractivity contribution in [2.75, 3.05) is 5.73 Å². The second-order valence-corrected chi connectivity index (χ2v) is 7.40. The molecule has 1 saturated carbocycles. The Morgan fingerprint density at radius 3 is 2.68 bits per heavy atom. The minimum atomic E-state index is 0.467. The third-order valence-electron chi connectivity index (χ3n) is 3.37. The molecule has 1 heterocycles. The first-order valence-electron chi connectivity index (χ1n) is 6.62. The summed E-state index contributed by atoms with van der Waals surface area (Å²) in [5.74, 6) is 0.964. The monoisotopic (exact) mass is 291 g/mol. The number of aromatic nitrogens is 2. The molecule has 1 aliphatic carbocycles. The maximum absolute atomic E-state index is 5.66. The van der Waals surface area contributed by atoms with Gasteiger partial charge < -0.3 is 5.73 Å². The van der Waals surface area contributed by atoms with Crippen molar-refractivity contribution >= 4 is 28.2 Å². The summed E-state index contributed by atoms with van der Waals surface area (Å²) in [6.45, 7) is 0. The van der Waals surface area contributed by atoms with Crippen LogP contribution in [-0.2, 0) is 0 Å². The van der Waals surface area contributed by atoms with Gasteiger partial charge >= 0.3 is 0 Å². The third kappa shape index (κ3) is 3.70. The normalized spacial score (nSPS) is 16.4. The van der Waals surface area contributed by atoms with Gasteiger partial charge in [0, 0.05) is 5.25 Å². The lowest BCUT2D eigenvalue weighted by atomic mass is 10.1. The average Bonchev–Trinajstić information content (AvgIpc) is 3.18. The van der Waals surface area contributed by atoms with E-state index in [1.54, 1.807) is 11.8 Å². The molecule has 0 aliphatic heterocycles. The van der Waals surface area contributed by atoms with E-state index in [2.05, 4.69) is 40.5 Å². The van der Waals surface area contributed by atoms with Gasteiger partial charge in [-0.25, -0.2) is 0 Å². The van der Waals surface area contributed by atoms with Crippen molar-refractivity contribution in [3.8, 4) is 0 Å². The number of hydrogen-bond acceptors (Lipinski definition) is 5. The first kappa shape index (κ1) is 12.9. The molecule has 1 aromatic heterocycles. The minimum Gasteiger partial charge on any atom is -0.374 e. The Morgan fingerprint density at radius 2 is 2.05 bits per heavy atom. The molecule has 1 aliphatic rings. The van der Waals surface area contributed by atoms with Crippen molar-refractivity contribution < 1.29 is 0 Å². The fraction of sp³-hybridized carbons (Fsp3) is 0.429. The van der Waals surface area contributed by atoms with E-state index < -0.39 is 0 Å². The summed E-state index contributed by atoms with van der Waals surface area (Å²) in [5.41, 5.74) is 7.03. The Bertz CT molecular complexity index is 522. The smallest absolute Gasteiger partial charge is 0.203 e. The lowest BCUT2D eigenvalue weighted by Gasteiger charge is -2.15. The quantitative estimate of drug-likeness (QED) is 0.813. The molecular weight excluding hydrogens is 274 g/mol. The molecule has 0 spiro atoms. The molecule has 0 radical (unpaired) electrons. The summed E-state index contributed by atoms with van der Waals surface area (Å²) < 4.78 is 0.974. The molecule has 0 bridgehead atoms. The molecule has 2 aromatic rings. The van der Waals surface area contributed by atoms with Crippen molar-refractivity contribution in [3.63, 3.8) is 0 Å². The molecule has 0 saturated heterocycles. The average molecular weight is 291 g/mol. The Morgan fingerprint density at radius 1 is 1.26 bits per heavy atom. The first-order chi connectivity index (χ1) is 9.31. The number of nitrogens with zero attached hydrogens (tertiary/aromatic N) is 2. The Labute approximate surface area is 121 Å². The van der Waals surface area contributed by atoms with E-state index in [9.17, 15) is 0 Å². The molecule has 0 amide bonds. The molecular formula is C14H17N3S2. The van der Waals surface area contributed by atoms with Gasteiger partial charge in [-0.3, -0.25) is 0 Å².